The maximum absolute atomic E-state index is 12.0. The molecule has 7 heteroatoms. The average Bonchev–Trinajstić information content (AvgIpc) is 3.11. The Morgan fingerprint density at radius 2 is 1.76 bits per heavy atom. The molecule has 2 aliphatic rings. The van der Waals surface area contributed by atoms with Gasteiger partial charge in [0.2, 0.25) is 5.91 Å². The van der Waals surface area contributed by atoms with Crippen molar-refractivity contribution < 1.29 is 9.90 Å². The third kappa shape index (κ3) is 6.76. The molecule has 0 aliphatic carbocycles. The zero-order valence-electron chi connectivity index (χ0n) is 14.4. The number of aliphatic hydroxyl groups excluding tert-OH is 1. The van der Waals surface area contributed by atoms with Crippen LogP contribution in [0.15, 0.2) is 24.3 Å². The van der Waals surface area contributed by atoms with Crippen LogP contribution < -0.4 is 10.6 Å². The van der Waals surface area contributed by atoms with Gasteiger partial charge in [-0.3, -0.25) is 9.69 Å². The Morgan fingerprint density at radius 3 is 2.36 bits per heavy atom. The summed E-state index contributed by atoms with van der Waals surface area (Å²) in [5, 5.41) is 15.8. The van der Waals surface area contributed by atoms with E-state index in [0.717, 1.165) is 57.4 Å². The van der Waals surface area contributed by atoms with Crippen molar-refractivity contribution in [1.29, 1.82) is 0 Å². The summed E-state index contributed by atoms with van der Waals surface area (Å²) in [6.45, 7) is 4.40. The van der Waals surface area contributed by atoms with E-state index in [-0.39, 0.29) is 42.9 Å². The van der Waals surface area contributed by atoms with Crippen molar-refractivity contribution in [3.8, 4) is 0 Å². The molecule has 2 aliphatic heterocycles. The number of hydrogen-bond donors (Lipinski definition) is 3. The molecule has 5 nitrogen and oxygen atoms in total. The molecule has 1 aromatic rings. The Hall–Kier alpha value is -0.850. The summed E-state index contributed by atoms with van der Waals surface area (Å²) in [7, 11) is 0. The first kappa shape index (κ1) is 22.2. The van der Waals surface area contributed by atoms with E-state index in [4.69, 9.17) is 0 Å². The van der Waals surface area contributed by atoms with Gasteiger partial charge in [-0.1, -0.05) is 24.3 Å². The third-order valence-electron chi connectivity index (χ3n) is 4.83. The fourth-order valence-electron chi connectivity index (χ4n) is 3.32. The van der Waals surface area contributed by atoms with Gasteiger partial charge in [-0.05, 0) is 43.4 Å². The molecule has 1 aromatic carbocycles. The quantitative estimate of drug-likeness (QED) is 0.718. The molecule has 0 spiro atoms. The van der Waals surface area contributed by atoms with Crippen LogP contribution in [-0.4, -0.2) is 47.7 Å². The Bertz CT molecular complexity index is 514. The second-order valence-corrected chi connectivity index (χ2v) is 6.69. The van der Waals surface area contributed by atoms with Crippen LogP contribution in [0.25, 0.3) is 0 Å². The van der Waals surface area contributed by atoms with Gasteiger partial charge in [-0.2, -0.15) is 0 Å². The first-order chi connectivity index (χ1) is 11.2. The summed E-state index contributed by atoms with van der Waals surface area (Å²) in [6, 6.07) is 8.46. The van der Waals surface area contributed by atoms with Crippen LogP contribution in [0.1, 0.15) is 36.8 Å². The number of amides is 1. The standard InChI is InChI=1S/C18H27N3O2.2ClH/c22-16-7-10-21(11-8-16)13-15-5-3-14(4-6-15)12-20-18(23)17-2-1-9-19-17;;/h3-6,16-17,19,22H,1-2,7-13H2,(H,20,23);2*1H. The van der Waals surface area contributed by atoms with E-state index in [9.17, 15) is 9.90 Å². The number of aliphatic hydroxyl groups is 1. The molecule has 0 saturated carbocycles. The number of piperidine rings is 1. The van der Waals surface area contributed by atoms with E-state index in [1.54, 1.807) is 0 Å². The lowest BCUT2D eigenvalue weighted by molar-refractivity contribution is -0.122. The van der Waals surface area contributed by atoms with Gasteiger partial charge in [0.05, 0.1) is 12.1 Å². The number of nitrogens with one attached hydrogen (secondary N) is 2. The van der Waals surface area contributed by atoms with E-state index < -0.39 is 0 Å². The van der Waals surface area contributed by atoms with Gasteiger partial charge >= 0.3 is 0 Å². The number of nitrogens with zero attached hydrogens (tertiary/aromatic N) is 1. The lowest BCUT2D eigenvalue weighted by Gasteiger charge is -2.29. The van der Waals surface area contributed by atoms with Crippen molar-refractivity contribution in [2.75, 3.05) is 19.6 Å². The Morgan fingerprint density at radius 1 is 1.12 bits per heavy atom. The SMILES string of the molecule is Cl.Cl.O=C(NCc1ccc(CN2CCC(O)CC2)cc1)C1CCCN1. The zero-order chi connectivity index (χ0) is 16.1. The molecule has 0 radical (unpaired) electrons. The molecule has 2 heterocycles. The molecule has 3 rings (SSSR count). The van der Waals surface area contributed by atoms with Crippen LogP contribution in [0.3, 0.4) is 0 Å². The van der Waals surface area contributed by atoms with Crippen molar-refractivity contribution >= 4 is 30.7 Å². The van der Waals surface area contributed by atoms with Gasteiger partial charge in [-0.15, -0.1) is 24.8 Å². The molecular weight excluding hydrogens is 361 g/mol. The Balaban J connectivity index is 0.00000156. The maximum Gasteiger partial charge on any atom is 0.237 e. The molecule has 1 atom stereocenters. The van der Waals surface area contributed by atoms with Crippen LogP contribution in [-0.2, 0) is 17.9 Å². The highest BCUT2D eigenvalue weighted by Crippen LogP contribution is 2.14. The molecule has 3 N–H and O–H groups in total. The van der Waals surface area contributed by atoms with E-state index in [0.29, 0.717) is 6.54 Å². The minimum Gasteiger partial charge on any atom is -0.393 e. The molecule has 0 aromatic heterocycles. The number of likely N-dealkylation sites (tertiary alicyclic amines) is 1. The number of rotatable bonds is 5. The lowest BCUT2D eigenvalue weighted by atomic mass is 10.1. The van der Waals surface area contributed by atoms with Crippen molar-refractivity contribution in [3.05, 3.63) is 35.4 Å². The Labute approximate surface area is 162 Å². The summed E-state index contributed by atoms with van der Waals surface area (Å²) in [5.41, 5.74) is 2.42. The van der Waals surface area contributed by atoms with Gasteiger partial charge in [0.25, 0.3) is 0 Å². The van der Waals surface area contributed by atoms with Gasteiger partial charge in [0.1, 0.15) is 0 Å². The average molecular weight is 390 g/mol. The molecule has 1 amide bonds. The lowest BCUT2D eigenvalue weighted by Crippen LogP contribution is -2.40. The summed E-state index contributed by atoms with van der Waals surface area (Å²) < 4.78 is 0. The summed E-state index contributed by atoms with van der Waals surface area (Å²) >= 11 is 0. The predicted molar refractivity (Wildman–Crippen MR) is 104 cm³/mol. The van der Waals surface area contributed by atoms with Crippen molar-refractivity contribution in [2.24, 2.45) is 0 Å². The van der Waals surface area contributed by atoms with Crippen molar-refractivity contribution in [2.45, 2.75) is 50.9 Å². The molecule has 2 fully saturated rings. The minimum atomic E-state index is -0.119. The maximum atomic E-state index is 12.0. The van der Waals surface area contributed by atoms with Gasteiger partial charge < -0.3 is 15.7 Å². The number of hydrogen-bond acceptors (Lipinski definition) is 4. The van der Waals surface area contributed by atoms with E-state index >= 15 is 0 Å². The highest BCUT2D eigenvalue weighted by Gasteiger charge is 2.21. The van der Waals surface area contributed by atoms with E-state index in [2.05, 4.69) is 39.8 Å². The summed E-state index contributed by atoms with van der Waals surface area (Å²) in [5.74, 6) is 0.110. The minimum absolute atomic E-state index is 0. The monoisotopic (exact) mass is 389 g/mol. The van der Waals surface area contributed by atoms with E-state index in [1.165, 1.54) is 5.56 Å². The predicted octanol–water partition coefficient (Wildman–Crippen LogP) is 1.86. The fraction of sp³-hybridized carbons (Fsp3) is 0.611. The number of carbonyl (C=O) groups excluding carboxylic acids is 1. The molecular formula is C18H29Cl2N3O2. The molecule has 1 unspecified atom stereocenters. The van der Waals surface area contributed by atoms with Gasteiger partial charge in [0.15, 0.2) is 0 Å². The second kappa shape index (κ2) is 11.0. The van der Waals surface area contributed by atoms with Crippen molar-refractivity contribution in [1.82, 2.24) is 15.5 Å². The second-order valence-electron chi connectivity index (χ2n) is 6.69. The first-order valence-electron chi connectivity index (χ1n) is 8.70. The van der Waals surface area contributed by atoms with Crippen LogP contribution in [0.5, 0.6) is 0 Å². The molecule has 25 heavy (non-hydrogen) atoms. The van der Waals surface area contributed by atoms with Crippen LogP contribution in [0.4, 0.5) is 0 Å². The molecule has 0 bridgehead atoms. The topological polar surface area (TPSA) is 64.6 Å². The molecule has 142 valence electrons. The largest absolute Gasteiger partial charge is 0.393 e. The zero-order valence-corrected chi connectivity index (χ0v) is 16.1. The first-order valence-corrected chi connectivity index (χ1v) is 8.70. The Kier molecular flexibility index (Phi) is 9.75. The summed E-state index contributed by atoms with van der Waals surface area (Å²) in [4.78, 5) is 14.4. The smallest absolute Gasteiger partial charge is 0.237 e. The number of benzene rings is 1. The van der Waals surface area contributed by atoms with Crippen LogP contribution >= 0.6 is 24.8 Å². The number of halogens is 2. The normalized spacial score (nSPS) is 21.2. The van der Waals surface area contributed by atoms with Gasteiger partial charge in [0, 0.05) is 26.2 Å². The van der Waals surface area contributed by atoms with Crippen LogP contribution in [0.2, 0.25) is 0 Å². The number of carbonyl (C=O) groups is 1. The van der Waals surface area contributed by atoms with Crippen molar-refractivity contribution in [3.63, 3.8) is 0 Å². The molecule has 2 saturated heterocycles. The van der Waals surface area contributed by atoms with E-state index in [1.807, 2.05) is 0 Å². The summed E-state index contributed by atoms with van der Waals surface area (Å²) in [6.07, 6.45) is 3.65. The van der Waals surface area contributed by atoms with Gasteiger partial charge in [-0.25, -0.2) is 0 Å². The highest BCUT2D eigenvalue weighted by atomic mass is 35.5. The fourth-order valence-corrected chi connectivity index (χ4v) is 3.32. The third-order valence-corrected chi connectivity index (χ3v) is 4.83. The van der Waals surface area contributed by atoms with Crippen LogP contribution in [0, 0.1) is 0 Å². The highest BCUT2D eigenvalue weighted by molar-refractivity contribution is 5.85.